The molecule has 1 saturated heterocycles. The van der Waals surface area contributed by atoms with Gasteiger partial charge in [0, 0.05) is 19.5 Å². The number of likely N-dealkylation sites (tertiary alicyclic amines) is 1. The first kappa shape index (κ1) is 14.0. The summed E-state index contributed by atoms with van der Waals surface area (Å²) in [6.07, 6.45) is 1.81. The summed E-state index contributed by atoms with van der Waals surface area (Å²) in [5.74, 6) is -0.892. The summed E-state index contributed by atoms with van der Waals surface area (Å²) in [5, 5.41) is 16.1. The van der Waals surface area contributed by atoms with Crippen LogP contribution in [0.3, 0.4) is 0 Å². The zero-order chi connectivity index (χ0) is 13.8. The van der Waals surface area contributed by atoms with E-state index in [1.54, 1.807) is 0 Å². The van der Waals surface area contributed by atoms with E-state index in [1.807, 2.05) is 21.7 Å². The predicted octanol–water partition coefficient (Wildman–Crippen LogP) is 1.47. The fraction of sp³-hybridized carbons (Fsp3) is 0.538. The van der Waals surface area contributed by atoms with Crippen molar-refractivity contribution in [3.63, 3.8) is 0 Å². The Kier molecular flexibility index (Phi) is 4.55. The first-order valence-corrected chi connectivity index (χ1v) is 7.28. The van der Waals surface area contributed by atoms with Gasteiger partial charge in [-0.25, -0.2) is 0 Å². The Morgan fingerprint density at radius 2 is 2.37 bits per heavy atom. The Morgan fingerprint density at radius 3 is 2.95 bits per heavy atom. The highest BCUT2D eigenvalue weighted by Crippen LogP contribution is 2.26. The van der Waals surface area contributed by atoms with Crippen LogP contribution in [0, 0.1) is 0 Å². The number of aliphatic carboxylic acids is 1. The Labute approximate surface area is 116 Å². The largest absolute Gasteiger partial charge is 0.480 e. The molecule has 2 N–H and O–H groups in total. The minimum Gasteiger partial charge on any atom is -0.480 e. The standard InChI is InChI=1S/C13H18N2O3S/c1-9(16)14-11-3-2-5-15(7-11)12(13(17)18)10-4-6-19-8-10/h4,6,8,11-12H,2-3,5,7H2,1H3,(H,14,16)(H,17,18). The van der Waals surface area contributed by atoms with Crippen LogP contribution in [0.5, 0.6) is 0 Å². The van der Waals surface area contributed by atoms with Crippen molar-refractivity contribution in [1.29, 1.82) is 0 Å². The molecule has 0 aromatic carbocycles. The predicted molar refractivity (Wildman–Crippen MR) is 73.1 cm³/mol. The van der Waals surface area contributed by atoms with Crippen LogP contribution >= 0.6 is 11.3 Å². The van der Waals surface area contributed by atoms with Crippen molar-refractivity contribution in [2.45, 2.75) is 31.8 Å². The van der Waals surface area contributed by atoms with Crippen LogP contribution in [0.25, 0.3) is 0 Å². The van der Waals surface area contributed by atoms with E-state index >= 15 is 0 Å². The Morgan fingerprint density at radius 1 is 1.58 bits per heavy atom. The molecule has 1 fully saturated rings. The third kappa shape index (κ3) is 3.54. The monoisotopic (exact) mass is 282 g/mol. The summed E-state index contributed by atoms with van der Waals surface area (Å²) < 4.78 is 0. The molecule has 104 valence electrons. The number of nitrogens with zero attached hydrogens (tertiary/aromatic N) is 1. The van der Waals surface area contributed by atoms with Crippen LogP contribution in [0.2, 0.25) is 0 Å². The molecule has 0 aliphatic carbocycles. The average molecular weight is 282 g/mol. The molecule has 0 spiro atoms. The lowest BCUT2D eigenvalue weighted by Gasteiger charge is -2.36. The van der Waals surface area contributed by atoms with Crippen molar-refractivity contribution in [3.05, 3.63) is 22.4 Å². The molecular formula is C13H18N2O3S. The molecule has 2 unspecified atom stereocenters. The summed E-state index contributed by atoms with van der Waals surface area (Å²) in [5.41, 5.74) is 0.820. The van der Waals surface area contributed by atoms with Crippen molar-refractivity contribution in [2.24, 2.45) is 0 Å². The molecule has 1 aromatic heterocycles. The molecule has 0 saturated carbocycles. The van der Waals surface area contributed by atoms with Gasteiger partial charge in [0.05, 0.1) is 0 Å². The number of carboxylic acids is 1. The van der Waals surface area contributed by atoms with E-state index < -0.39 is 12.0 Å². The summed E-state index contributed by atoms with van der Waals surface area (Å²) >= 11 is 1.50. The van der Waals surface area contributed by atoms with Crippen LogP contribution in [0.1, 0.15) is 31.4 Å². The molecule has 0 bridgehead atoms. The number of thiophene rings is 1. The summed E-state index contributed by atoms with van der Waals surface area (Å²) in [7, 11) is 0. The summed E-state index contributed by atoms with van der Waals surface area (Å²) in [6.45, 7) is 2.84. The second-order valence-electron chi connectivity index (χ2n) is 4.83. The van der Waals surface area contributed by atoms with Crippen LogP contribution in [-0.2, 0) is 9.59 Å². The Balaban J connectivity index is 2.09. The van der Waals surface area contributed by atoms with Gasteiger partial charge in [0.15, 0.2) is 0 Å². The lowest BCUT2D eigenvalue weighted by molar-refractivity contribution is -0.144. The van der Waals surface area contributed by atoms with Crippen LogP contribution in [0.15, 0.2) is 16.8 Å². The second-order valence-corrected chi connectivity index (χ2v) is 5.61. The van der Waals surface area contributed by atoms with Crippen LogP contribution in [0.4, 0.5) is 0 Å². The molecule has 6 heteroatoms. The molecule has 5 nitrogen and oxygen atoms in total. The van der Waals surface area contributed by atoms with E-state index in [0.717, 1.165) is 24.9 Å². The lowest BCUT2D eigenvalue weighted by atomic mass is 10.0. The van der Waals surface area contributed by atoms with Gasteiger partial charge < -0.3 is 10.4 Å². The number of carboxylic acid groups (broad SMARTS) is 1. The van der Waals surface area contributed by atoms with Gasteiger partial charge in [-0.1, -0.05) is 0 Å². The number of piperidine rings is 1. The van der Waals surface area contributed by atoms with Crippen molar-refractivity contribution >= 4 is 23.2 Å². The van der Waals surface area contributed by atoms with Gasteiger partial charge in [-0.15, -0.1) is 0 Å². The third-order valence-corrected chi connectivity index (χ3v) is 4.02. The van der Waals surface area contributed by atoms with Gasteiger partial charge >= 0.3 is 5.97 Å². The SMILES string of the molecule is CC(=O)NC1CCCN(C(C(=O)O)c2ccsc2)C1. The van der Waals surface area contributed by atoms with Gasteiger partial charge in [-0.3, -0.25) is 14.5 Å². The maximum atomic E-state index is 11.5. The van der Waals surface area contributed by atoms with Crippen molar-refractivity contribution in [1.82, 2.24) is 10.2 Å². The fourth-order valence-corrected chi connectivity index (χ4v) is 3.27. The van der Waals surface area contributed by atoms with Crippen LogP contribution in [-0.4, -0.2) is 41.0 Å². The maximum absolute atomic E-state index is 11.5. The smallest absolute Gasteiger partial charge is 0.325 e. The van der Waals surface area contributed by atoms with Gasteiger partial charge in [0.25, 0.3) is 0 Å². The first-order valence-electron chi connectivity index (χ1n) is 6.34. The zero-order valence-electron chi connectivity index (χ0n) is 10.8. The fourth-order valence-electron chi connectivity index (χ4n) is 2.59. The molecular weight excluding hydrogens is 264 g/mol. The van der Waals surface area contributed by atoms with E-state index in [0.29, 0.717) is 6.54 Å². The molecule has 1 aliphatic heterocycles. The van der Waals surface area contributed by atoms with Crippen molar-refractivity contribution < 1.29 is 14.7 Å². The third-order valence-electron chi connectivity index (χ3n) is 3.32. The van der Waals surface area contributed by atoms with E-state index in [2.05, 4.69) is 5.32 Å². The number of rotatable bonds is 4. The zero-order valence-corrected chi connectivity index (χ0v) is 11.7. The highest BCUT2D eigenvalue weighted by atomic mass is 32.1. The average Bonchev–Trinajstić information content (AvgIpc) is 2.82. The van der Waals surface area contributed by atoms with Crippen LogP contribution < -0.4 is 5.32 Å². The lowest BCUT2D eigenvalue weighted by Crippen LogP contribution is -2.49. The molecule has 1 aliphatic rings. The molecule has 19 heavy (non-hydrogen) atoms. The van der Waals surface area contributed by atoms with Crippen molar-refractivity contribution in [2.75, 3.05) is 13.1 Å². The highest BCUT2D eigenvalue weighted by molar-refractivity contribution is 7.08. The number of carbonyl (C=O) groups excluding carboxylic acids is 1. The topological polar surface area (TPSA) is 69.6 Å². The highest BCUT2D eigenvalue weighted by Gasteiger charge is 2.32. The number of hydrogen-bond donors (Lipinski definition) is 2. The quantitative estimate of drug-likeness (QED) is 0.877. The number of nitrogens with one attached hydrogen (secondary N) is 1. The van der Waals surface area contributed by atoms with Gasteiger partial charge in [0.2, 0.25) is 5.91 Å². The number of hydrogen-bond acceptors (Lipinski definition) is 4. The van der Waals surface area contributed by atoms with Crippen molar-refractivity contribution in [3.8, 4) is 0 Å². The molecule has 1 amide bonds. The Bertz CT molecular complexity index is 447. The normalized spacial score (nSPS) is 21.8. The summed E-state index contributed by atoms with van der Waals surface area (Å²) in [6, 6.07) is 1.29. The number of amides is 1. The van der Waals surface area contributed by atoms with Gasteiger partial charge in [-0.05, 0) is 41.8 Å². The molecule has 2 atom stereocenters. The van der Waals surface area contributed by atoms with Gasteiger partial charge in [0.1, 0.15) is 6.04 Å². The van der Waals surface area contributed by atoms with E-state index in [9.17, 15) is 14.7 Å². The van der Waals surface area contributed by atoms with E-state index in [1.165, 1.54) is 18.3 Å². The van der Waals surface area contributed by atoms with E-state index in [-0.39, 0.29) is 11.9 Å². The van der Waals surface area contributed by atoms with Gasteiger partial charge in [-0.2, -0.15) is 11.3 Å². The maximum Gasteiger partial charge on any atom is 0.325 e. The second kappa shape index (κ2) is 6.16. The van der Waals surface area contributed by atoms with E-state index in [4.69, 9.17) is 0 Å². The first-order chi connectivity index (χ1) is 9.08. The molecule has 2 heterocycles. The minimum atomic E-state index is -0.832. The Hall–Kier alpha value is -1.40. The number of carbonyl (C=O) groups is 2. The molecule has 1 aromatic rings. The molecule has 0 radical (unpaired) electrons. The summed E-state index contributed by atoms with van der Waals surface area (Å²) in [4.78, 5) is 24.5. The molecule has 2 rings (SSSR count). The minimum absolute atomic E-state index is 0.0479.